The first-order valence-corrected chi connectivity index (χ1v) is 6.68. The SMILES string of the molecule is Cc1cccc(=O)n1C(C)(C)C(=O)Nc1cccc(N)c1. The number of anilines is 2. The summed E-state index contributed by atoms with van der Waals surface area (Å²) in [6.45, 7) is 5.23. The molecule has 0 unspecified atom stereocenters. The minimum atomic E-state index is -1.01. The zero-order valence-corrected chi connectivity index (χ0v) is 12.4. The fraction of sp³-hybridized carbons (Fsp3) is 0.250. The van der Waals surface area contributed by atoms with Gasteiger partial charge in [0.25, 0.3) is 5.56 Å². The van der Waals surface area contributed by atoms with Crippen molar-refractivity contribution in [2.24, 2.45) is 0 Å². The van der Waals surface area contributed by atoms with Gasteiger partial charge in [-0.3, -0.25) is 14.2 Å². The molecule has 1 heterocycles. The lowest BCUT2D eigenvalue weighted by molar-refractivity contribution is -0.123. The Morgan fingerprint density at radius 2 is 1.86 bits per heavy atom. The molecule has 0 aliphatic heterocycles. The molecule has 5 nitrogen and oxygen atoms in total. The second-order valence-corrected chi connectivity index (χ2v) is 5.48. The average molecular weight is 285 g/mol. The second kappa shape index (κ2) is 5.44. The number of nitrogen functional groups attached to an aromatic ring is 1. The van der Waals surface area contributed by atoms with Gasteiger partial charge in [-0.25, -0.2) is 0 Å². The Morgan fingerprint density at radius 1 is 1.19 bits per heavy atom. The fourth-order valence-electron chi connectivity index (χ4n) is 2.31. The number of amides is 1. The summed E-state index contributed by atoms with van der Waals surface area (Å²) in [4.78, 5) is 24.6. The molecule has 1 aromatic heterocycles. The molecule has 110 valence electrons. The first-order valence-electron chi connectivity index (χ1n) is 6.68. The Labute approximate surface area is 123 Å². The van der Waals surface area contributed by atoms with Gasteiger partial charge in [0.1, 0.15) is 5.54 Å². The second-order valence-electron chi connectivity index (χ2n) is 5.48. The molecule has 0 aliphatic rings. The van der Waals surface area contributed by atoms with Crippen molar-refractivity contribution in [1.82, 2.24) is 4.57 Å². The predicted molar refractivity (Wildman–Crippen MR) is 84.2 cm³/mol. The predicted octanol–water partition coefficient (Wildman–Crippen LogP) is 2.11. The van der Waals surface area contributed by atoms with Crippen molar-refractivity contribution in [3.63, 3.8) is 0 Å². The molecule has 1 amide bonds. The van der Waals surface area contributed by atoms with Crippen molar-refractivity contribution in [1.29, 1.82) is 0 Å². The van der Waals surface area contributed by atoms with Gasteiger partial charge in [-0.05, 0) is 45.0 Å². The average Bonchev–Trinajstić information content (AvgIpc) is 2.38. The highest BCUT2D eigenvalue weighted by molar-refractivity contribution is 5.96. The number of aryl methyl sites for hydroxylation is 1. The molecule has 5 heteroatoms. The van der Waals surface area contributed by atoms with E-state index in [1.807, 2.05) is 0 Å². The number of nitrogens with two attached hydrogens (primary N) is 1. The van der Waals surface area contributed by atoms with E-state index >= 15 is 0 Å². The first-order chi connectivity index (χ1) is 9.82. The van der Waals surface area contributed by atoms with Crippen molar-refractivity contribution in [3.8, 4) is 0 Å². The minimum absolute atomic E-state index is 0.206. The van der Waals surface area contributed by atoms with Crippen LogP contribution in [0.25, 0.3) is 0 Å². The van der Waals surface area contributed by atoms with Crippen molar-refractivity contribution in [2.75, 3.05) is 11.1 Å². The smallest absolute Gasteiger partial charge is 0.251 e. The van der Waals surface area contributed by atoms with Crippen molar-refractivity contribution in [3.05, 3.63) is 58.5 Å². The number of aromatic nitrogens is 1. The van der Waals surface area contributed by atoms with Gasteiger partial charge < -0.3 is 11.1 Å². The highest BCUT2D eigenvalue weighted by Gasteiger charge is 2.31. The lowest BCUT2D eigenvalue weighted by Crippen LogP contribution is -2.46. The maximum atomic E-state index is 12.5. The topological polar surface area (TPSA) is 77.1 Å². The third-order valence-corrected chi connectivity index (χ3v) is 3.41. The number of pyridine rings is 1. The zero-order valence-electron chi connectivity index (χ0n) is 12.4. The van der Waals surface area contributed by atoms with Crippen LogP contribution >= 0.6 is 0 Å². The highest BCUT2D eigenvalue weighted by atomic mass is 16.2. The molecule has 21 heavy (non-hydrogen) atoms. The van der Waals surface area contributed by atoms with E-state index in [4.69, 9.17) is 5.73 Å². The van der Waals surface area contributed by atoms with Crippen molar-refractivity contribution < 1.29 is 4.79 Å². The highest BCUT2D eigenvalue weighted by Crippen LogP contribution is 2.19. The number of benzene rings is 1. The summed E-state index contributed by atoms with van der Waals surface area (Å²) in [7, 11) is 0. The van der Waals surface area contributed by atoms with Crippen LogP contribution in [-0.4, -0.2) is 10.5 Å². The third-order valence-electron chi connectivity index (χ3n) is 3.41. The number of hydrogen-bond donors (Lipinski definition) is 2. The van der Waals surface area contributed by atoms with E-state index in [9.17, 15) is 9.59 Å². The molecule has 0 saturated heterocycles. The number of hydrogen-bond acceptors (Lipinski definition) is 3. The number of nitrogens with one attached hydrogen (secondary N) is 1. The van der Waals surface area contributed by atoms with E-state index < -0.39 is 5.54 Å². The van der Waals surface area contributed by atoms with Gasteiger partial charge in [0.05, 0.1) is 0 Å². The van der Waals surface area contributed by atoms with Crippen molar-refractivity contribution in [2.45, 2.75) is 26.3 Å². The van der Waals surface area contributed by atoms with Crippen LogP contribution < -0.4 is 16.6 Å². The summed E-state index contributed by atoms with van der Waals surface area (Å²) < 4.78 is 1.48. The molecule has 0 spiro atoms. The third kappa shape index (κ3) is 2.97. The van der Waals surface area contributed by atoms with Crippen LogP contribution in [0.3, 0.4) is 0 Å². The Kier molecular flexibility index (Phi) is 3.84. The van der Waals surface area contributed by atoms with Gasteiger partial charge in [0, 0.05) is 23.1 Å². The molecule has 0 aliphatic carbocycles. The van der Waals surface area contributed by atoms with Crippen LogP contribution in [0.4, 0.5) is 11.4 Å². The zero-order chi connectivity index (χ0) is 15.6. The van der Waals surface area contributed by atoms with E-state index in [0.717, 1.165) is 5.69 Å². The largest absolute Gasteiger partial charge is 0.399 e. The molecule has 1 aromatic carbocycles. The van der Waals surface area contributed by atoms with Gasteiger partial charge in [-0.2, -0.15) is 0 Å². The van der Waals surface area contributed by atoms with E-state index in [0.29, 0.717) is 11.4 Å². The Balaban J connectivity index is 2.35. The maximum Gasteiger partial charge on any atom is 0.251 e. The molecule has 0 saturated carbocycles. The normalized spacial score (nSPS) is 11.2. The van der Waals surface area contributed by atoms with Crippen LogP contribution in [0.15, 0.2) is 47.3 Å². The van der Waals surface area contributed by atoms with Crippen LogP contribution in [0.5, 0.6) is 0 Å². The minimum Gasteiger partial charge on any atom is -0.399 e. The van der Waals surface area contributed by atoms with Gasteiger partial charge in [-0.15, -0.1) is 0 Å². The first kappa shape index (κ1) is 14.8. The number of nitrogens with zero attached hydrogens (tertiary/aromatic N) is 1. The molecule has 0 atom stereocenters. The monoisotopic (exact) mass is 285 g/mol. The maximum absolute atomic E-state index is 12.5. The Bertz CT molecular complexity index is 732. The lowest BCUT2D eigenvalue weighted by atomic mass is 10.0. The molecule has 2 rings (SSSR count). The van der Waals surface area contributed by atoms with E-state index in [-0.39, 0.29) is 11.5 Å². The molecule has 0 fully saturated rings. The standard InChI is InChI=1S/C16H19N3O2/c1-11-6-4-9-14(20)19(11)16(2,3)15(21)18-13-8-5-7-12(17)10-13/h4-10H,17H2,1-3H3,(H,18,21). The van der Waals surface area contributed by atoms with Crippen LogP contribution in [0, 0.1) is 6.92 Å². The van der Waals surface area contributed by atoms with E-state index in [2.05, 4.69) is 5.32 Å². The van der Waals surface area contributed by atoms with E-state index in [1.165, 1.54) is 10.6 Å². The summed E-state index contributed by atoms with van der Waals surface area (Å²) in [6.07, 6.45) is 0. The van der Waals surface area contributed by atoms with E-state index in [1.54, 1.807) is 57.2 Å². The quantitative estimate of drug-likeness (QED) is 0.848. The van der Waals surface area contributed by atoms with Gasteiger partial charge >= 0.3 is 0 Å². The summed E-state index contributed by atoms with van der Waals surface area (Å²) >= 11 is 0. The van der Waals surface area contributed by atoms with Gasteiger partial charge in [0.2, 0.25) is 5.91 Å². The van der Waals surface area contributed by atoms with Crippen molar-refractivity contribution >= 4 is 17.3 Å². The van der Waals surface area contributed by atoms with Gasteiger partial charge in [0.15, 0.2) is 0 Å². The Hall–Kier alpha value is -2.56. The summed E-state index contributed by atoms with van der Waals surface area (Å²) in [6, 6.07) is 11.9. The number of carbonyl (C=O) groups excluding carboxylic acids is 1. The number of carbonyl (C=O) groups is 1. The summed E-state index contributed by atoms with van der Waals surface area (Å²) in [5.74, 6) is -0.274. The number of rotatable bonds is 3. The fourth-order valence-corrected chi connectivity index (χ4v) is 2.31. The van der Waals surface area contributed by atoms with Crippen LogP contribution in [-0.2, 0) is 10.3 Å². The summed E-state index contributed by atoms with van der Waals surface area (Å²) in [5.41, 5.74) is 6.39. The molecule has 3 N–H and O–H groups in total. The molecular weight excluding hydrogens is 266 g/mol. The van der Waals surface area contributed by atoms with Crippen LogP contribution in [0.2, 0.25) is 0 Å². The van der Waals surface area contributed by atoms with Crippen LogP contribution in [0.1, 0.15) is 19.5 Å². The van der Waals surface area contributed by atoms with Gasteiger partial charge in [-0.1, -0.05) is 12.1 Å². The Morgan fingerprint density at radius 3 is 2.48 bits per heavy atom. The molecule has 2 aromatic rings. The molecule has 0 bridgehead atoms. The molecular formula is C16H19N3O2. The summed E-state index contributed by atoms with van der Waals surface area (Å²) in [5, 5.41) is 2.80. The lowest BCUT2D eigenvalue weighted by Gasteiger charge is -2.28. The molecule has 0 radical (unpaired) electrons.